The molecule has 1 aliphatic rings. The fourth-order valence-electron chi connectivity index (χ4n) is 2.86. The molecule has 118 valence electrons. The molecular weight excluding hydrogens is 350 g/mol. The van der Waals surface area contributed by atoms with Gasteiger partial charge in [0.2, 0.25) is 0 Å². The zero-order valence-corrected chi connectivity index (χ0v) is 15.0. The van der Waals surface area contributed by atoms with Crippen LogP contribution in [0, 0.1) is 0 Å². The summed E-state index contributed by atoms with van der Waals surface area (Å²) in [7, 11) is 0. The second kappa shape index (κ2) is 9.14. The van der Waals surface area contributed by atoms with Crippen LogP contribution < -0.4 is 5.32 Å². The van der Waals surface area contributed by atoms with Crippen molar-refractivity contribution in [3.8, 4) is 0 Å². The lowest BCUT2D eigenvalue weighted by atomic mass is 9.99. The molecule has 1 N–H and O–H groups in total. The van der Waals surface area contributed by atoms with Crippen molar-refractivity contribution in [2.24, 2.45) is 0 Å². The van der Waals surface area contributed by atoms with Gasteiger partial charge in [-0.1, -0.05) is 24.6 Å². The maximum absolute atomic E-state index is 6.23. The summed E-state index contributed by atoms with van der Waals surface area (Å²) in [5.41, 5.74) is 1.28. The summed E-state index contributed by atoms with van der Waals surface area (Å²) >= 11 is 9.69. The quantitative estimate of drug-likeness (QED) is 0.649. The van der Waals surface area contributed by atoms with Gasteiger partial charge in [0.1, 0.15) is 0 Å². The summed E-state index contributed by atoms with van der Waals surface area (Å²) in [5.74, 6) is 0. The van der Waals surface area contributed by atoms with Crippen LogP contribution in [-0.2, 0) is 4.74 Å². The van der Waals surface area contributed by atoms with E-state index in [1.165, 1.54) is 31.2 Å². The van der Waals surface area contributed by atoms with Gasteiger partial charge in [0.15, 0.2) is 0 Å². The van der Waals surface area contributed by atoms with Crippen LogP contribution in [0.1, 0.15) is 57.1 Å². The molecular formula is C17H25BrClNO. The van der Waals surface area contributed by atoms with Crippen molar-refractivity contribution < 1.29 is 4.74 Å². The van der Waals surface area contributed by atoms with Gasteiger partial charge in [-0.3, -0.25) is 0 Å². The highest BCUT2D eigenvalue weighted by Crippen LogP contribution is 2.29. The Morgan fingerprint density at radius 3 is 3.00 bits per heavy atom. The average molecular weight is 375 g/mol. The first kappa shape index (κ1) is 17.3. The van der Waals surface area contributed by atoms with E-state index in [2.05, 4.69) is 40.3 Å². The zero-order valence-electron chi connectivity index (χ0n) is 12.7. The molecule has 0 amide bonds. The van der Waals surface area contributed by atoms with Gasteiger partial charge < -0.3 is 10.1 Å². The molecule has 2 rings (SSSR count). The third-order valence-corrected chi connectivity index (χ3v) is 5.26. The second-order valence-electron chi connectivity index (χ2n) is 5.75. The Labute approximate surface area is 141 Å². The maximum atomic E-state index is 6.23. The third kappa shape index (κ3) is 5.55. The lowest BCUT2D eigenvalue weighted by Crippen LogP contribution is -2.22. The highest BCUT2D eigenvalue weighted by atomic mass is 79.9. The van der Waals surface area contributed by atoms with Crippen LogP contribution in [0.25, 0.3) is 0 Å². The average Bonchev–Trinajstić information content (AvgIpc) is 2.99. The lowest BCUT2D eigenvalue weighted by molar-refractivity contribution is 0.101. The van der Waals surface area contributed by atoms with Gasteiger partial charge in [-0.2, -0.15) is 0 Å². The van der Waals surface area contributed by atoms with Crippen LogP contribution in [0.4, 0.5) is 0 Å². The monoisotopic (exact) mass is 373 g/mol. The van der Waals surface area contributed by atoms with Crippen LogP contribution in [0.15, 0.2) is 22.7 Å². The van der Waals surface area contributed by atoms with Crippen LogP contribution >= 0.6 is 27.5 Å². The van der Waals surface area contributed by atoms with Gasteiger partial charge in [0.05, 0.1) is 11.1 Å². The van der Waals surface area contributed by atoms with Crippen molar-refractivity contribution >= 4 is 27.5 Å². The molecule has 0 radical (unpaired) electrons. The molecule has 1 aromatic carbocycles. The van der Waals surface area contributed by atoms with Gasteiger partial charge >= 0.3 is 0 Å². The Hall–Kier alpha value is -0.0900. The number of halogens is 2. The maximum Gasteiger partial charge on any atom is 0.0576 e. The van der Waals surface area contributed by atoms with Crippen LogP contribution in [0.2, 0.25) is 5.02 Å². The highest BCUT2D eigenvalue weighted by molar-refractivity contribution is 9.10. The predicted molar refractivity (Wildman–Crippen MR) is 93.0 cm³/mol. The van der Waals surface area contributed by atoms with E-state index >= 15 is 0 Å². The Bertz CT molecular complexity index is 435. The first-order chi connectivity index (χ1) is 10.2. The molecule has 4 heteroatoms. The smallest absolute Gasteiger partial charge is 0.0576 e. The summed E-state index contributed by atoms with van der Waals surface area (Å²) in [6.07, 6.45) is 7.60. The number of rotatable bonds is 8. The number of hydrogen-bond acceptors (Lipinski definition) is 2. The Kier molecular flexibility index (Phi) is 7.51. The largest absolute Gasteiger partial charge is 0.378 e. The molecule has 2 atom stereocenters. The predicted octanol–water partition coefficient (Wildman–Crippen LogP) is 5.49. The van der Waals surface area contributed by atoms with E-state index in [-0.39, 0.29) is 0 Å². The molecule has 0 aromatic heterocycles. The van der Waals surface area contributed by atoms with Crippen LogP contribution in [-0.4, -0.2) is 19.3 Å². The van der Waals surface area contributed by atoms with Gasteiger partial charge in [-0.15, -0.1) is 0 Å². The second-order valence-corrected chi connectivity index (χ2v) is 7.01. The normalized spacial score (nSPS) is 19.9. The molecule has 2 unspecified atom stereocenters. The van der Waals surface area contributed by atoms with E-state index in [1.807, 2.05) is 6.07 Å². The molecule has 1 fully saturated rings. The topological polar surface area (TPSA) is 21.3 Å². The van der Waals surface area contributed by atoms with Crippen molar-refractivity contribution in [2.45, 2.75) is 57.6 Å². The molecule has 1 aliphatic heterocycles. The van der Waals surface area contributed by atoms with Gasteiger partial charge in [-0.05, 0) is 78.7 Å². The summed E-state index contributed by atoms with van der Waals surface area (Å²) in [6.45, 7) is 4.19. The summed E-state index contributed by atoms with van der Waals surface area (Å²) in [4.78, 5) is 0. The van der Waals surface area contributed by atoms with E-state index in [4.69, 9.17) is 16.3 Å². The summed E-state index contributed by atoms with van der Waals surface area (Å²) in [5, 5.41) is 4.43. The van der Waals surface area contributed by atoms with E-state index in [9.17, 15) is 0 Å². The van der Waals surface area contributed by atoms with E-state index in [0.29, 0.717) is 12.1 Å². The molecule has 1 saturated heterocycles. The summed E-state index contributed by atoms with van der Waals surface area (Å²) < 4.78 is 6.67. The molecule has 1 aromatic rings. The van der Waals surface area contributed by atoms with E-state index < -0.39 is 0 Å². The van der Waals surface area contributed by atoms with Gasteiger partial charge in [-0.25, -0.2) is 0 Å². The van der Waals surface area contributed by atoms with Crippen molar-refractivity contribution in [1.82, 2.24) is 5.32 Å². The van der Waals surface area contributed by atoms with Crippen molar-refractivity contribution in [1.29, 1.82) is 0 Å². The SMILES string of the molecule is CCCNC(CCCC1CCCO1)c1ccc(Br)c(Cl)c1. The fraction of sp³-hybridized carbons (Fsp3) is 0.647. The summed E-state index contributed by atoms with van der Waals surface area (Å²) in [6, 6.07) is 6.66. The Morgan fingerprint density at radius 2 is 2.33 bits per heavy atom. The van der Waals surface area contributed by atoms with Crippen LogP contribution in [0.5, 0.6) is 0 Å². The van der Waals surface area contributed by atoms with E-state index in [1.54, 1.807) is 0 Å². The van der Waals surface area contributed by atoms with Crippen molar-refractivity contribution in [3.05, 3.63) is 33.3 Å². The highest BCUT2D eigenvalue weighted by Gasteiger charge is 2.17. The molecule has 0 spiro atoms. The molecule has 0 aliphatic carbocycles. The number of benzene rings is 1. The molecule has 1 heterocycles. The van der Waals surface area contributed by atoms with E-state index in [0.717, 1.165) is 35.5 Å². The van der Waals surface area contributed by atoms with Crippen LogP contribution in [0.3, 0.4) is 0 Å². The minimum atomic E-state index is 0.386. The van der Waals surface area contributed by atoms with Gasteiger partial charge in [0, 0.05) is 17.1 Å². The first-order valence-electron chi connectivity index (χ1n) is 8.00. The standard InChI is InChI=1S/C17H25BrClNO/c1-2-10-20-17(7-3-5-14-6-4-11-21-14)13-8-9-15(18)16(19)12-13/h8-9,12,14,17,20H,2-7,10-11H2,1H3. The Balaban J connectivity index is 1.90. The lowest BCUT2D eigenvalue weighted by Gasteiger charge is -2.20. The number of nitrogens with one attached hydrogen (secondary N) is 1. The fourth-order valence-corrected chi connectivity index (χ4v) is 3.29. The number of ether oxygens (including phenoxy) is 1. The minimum absolute atomic E-state index is 0.386. The number of hydrogen-bond donors (Lipinski definition) is 1. The van der Waals surface area contributed by atoms with Crippen molar-refractivity contribution in [3.63, 3.8) is 0 Å². The Morgan fingerprint density at radius 1 is 1.48 bits per heavy atom. The molecule has 21 heavy (non-hydrogen) atoms. The molecule has 0 saturated carbocycles. The molecule has 2 nitrogen and oxygen atoms in total. The van der Waals surface area contributed by atoms with Crippen molar-refractivity contribution in [2.75, 3.05) is 13.2 Å². The van der Waals surface area contributed by atoms with Gasteiger partial charge in [0.25, 0.3) is 0 Å². The third-order valence-electron chi connectivity index (χ3n) is 4.03. The minimum Gasteiger partial charge on any atom is -0.378 e. The molecule has 0 bridgehead atoms. The zero-order chi connectivity index (χ0) is 15.1. The first-order valence-corrected chi connectivity index (χ1v) is 9.17.